The van der Waals surface area contributed by atoms with Gasteiger partial charge in [-0.3, -0.25) is 0 Å². The van der Waals surface area contributed by atoms with Gasteiger partial charge in [-0.05, 0) is 59.9 Å². The third-order valence-electron chi connectivity index (χ3n) is 4.87. The standard InChI is InChI=1S/C25H28IO/c1-3-20(4-2)18-21-10-12-22(13-11-21)19-27-25-16-14-24(15-17-25)26-23-8-6-5-7-9-23/h5-17,20H,3-4,18-19H2,1-2H3/q+1. The molecule has 3 aromatic rings. The molecule has 0 heterocycles. The van der Waals surface area contributed by atoms with E-state index in [1.54, 1.807) is 0 Å². The van der Waals surface area contributed by atoms with Crippen molar-refractivity contribution in [2.24, 2.45) is 5.92 Å². The smallest absolute Gasteiger partial charge is 0.357 e. The number of hydrogen-bond donors (Lipinski definition) is 0. The zero-order valence-corrected chi connectivity index (χ0v) is 18.4. The maximum atomic E-state index is 5.97. The van der Waals surface area contributed by atoms with Gasteiger partial charge in [-0.25, -0.2) is 0 Å². The molecule has 0 saturated heterocycles. The normalized spacial score (nSPS) is 10.9. The molecular weight excluding hydrogens is 443 g/mol. The van der Waals surface area contributed by atoms with Crippen molar-refractivity contribution >= 4 is 0 Å². The molecule has 0 amide bonds. The Bertz CT molecular complexity index is 790. The highest BCUT2D eigenvalue weighted by atomic mass is 127. The van der Waals surface area contributed by atoms with Crippen molar-refractivity contribution in [2.45, 2.75) is 39.7 Å². The van der Waals surface area contributed by atoms with E-state index in [9.17, 15) is 0 Å². The molecule has 0 aliphatic carbocycles. The second-order valence-electron chi connectivity index (χ2n) is 6.84. The maximum absolute atomic E-state index is 5.97. The number of rotatable bonds is 9. The van der Waals surface area contributed by atoms with E-state index in [-0.39, 0.29) is 21.2 Å². The largest absolute Gasteiger partial charge is 0.489 e. The molecule has 0 spiro atoms. The van der Waals surface area contributed by atoms with Crippen LogP contribution < -0.4 is 25.9 Å². The first-order chi connectivity index (χ1) is 13.3. The highest BCUT2D eigenvalue weighted by Gasteiger charge is 2.14. The summed E-state index contributed by atoms with van der Waals surface area (Å²) in [4.78, 5) is 0. The maximum Gasteiger partial charge on any atom is 0.357 e. The first kappa shape index (κ1) is 19.9. The van der Waals surface area contributed by atoms with Crippen LogP contribution in [0.15, 0.2) is 78.9 Å². The Kier molecular flexibility index (Phi) is 7.76. The SMILES string of the molecule is CCC(CC)Cc1ccc(COc2ccc([I+]c3ccccc3)cc2)cc1. The summed E-state index contributed by atoms with van der Waals surface area (Å²) >= 11 is -0.109. The van der Waals surface area contributed by atoms with Gasteiger partial charge in [0.05, 0.1) is 0 Å². The minimum Gasteiger partial charge on any atom is -0.489 e. The van der Waals surface area contributed by atoms with Crippen LogP contribution in [0, 0.1) is 13.1 Å². The van der Waals surface area contributed by atoms with E-state index in [0.717, 1.165) is 11.7 Å². The molecule has 2 heteroatoms. The molecular formula is C25H28IO+. The van der Waals surface area contributed by atoms with E-state index in [1.807, 2.05) is 0 Å². The van der Waals surface area contributed by atoms with Crippen molar-refractivity contribution in [1.82, 2.24) is 0 Å². The van der Waals surface area contributed by atoms with E-state index >= 15 is 0 Å². The lowest BCUT2D eigenvalue weighted by Gasteiger charge is -2.12. The van der Waals surface area contributed by atoms with Crippen molar-refractivity contribution in [3.63, 3.8) is 0 Å². The molecule has 27 heavy (non-hydrogen) atoms. The van der Waals surface area contributed by atoms with Gasteiger partial charge >= 0.3 is 21.2 Å². The minimum absolute atomic E-state index is 0.109. The monoisotopic (exact) mass is 471 g/mol. The van der Waals surface area contributed by atoms with Gasteiger partial charge in [-0.2, -0.15) is 0 Å². The van der Waals surface area contributed by atoms with Gasteiger partial charge in [0.15, 0.2) is 7.14 Å². The Morgan fingerprint density at radius 3 is 1.93 bits per heavy atom. The third kappa shape index (κ3) is 6.39. The predicted octanol–water partition coefficient (Wildman–Crippen LogP) is 3.37. The topological polar surface area (TPSA) is 9.23 Å². The summed E-state index contributed by atoms with van der Waals surface area (Å²) in [5, 5.41) is 0. The fourth-order valence-corrected chi connectivity index (χ4v) is 5.26. The first-order valence-electron chi connectivity index (χ1n) is 9.77. The molecule has 0 N–H and O–H groups in total. The Hall–Kier alpha value is -1.81. The van der Waals surface area contributed by atoms with Gasteiger partial charge in [0.25, 0.3) is 0 Å². The lowest BCUT2D eigenvalue weighted by Crippen LogP contribution is -3.61. The van der Waals surface area contributed by atoms with Crippen molar-refractivity contribution in [1.29, 1.82) is 0 Å². The highest BCUT2D eigenvalue weighted by molar-refractivity contribution is 5.25. The second-order valence-corrected chi connectivity index (χ2v) is 9.87. The summed E-state index contributed by atoms with van der Waals surface area (Å²) in [6.45, 7) is 5.19. The number of hydrogen-bond acceptors (Lipinski definition) is 1. The van der Waals surface area contributed by atoms with Crippen LogP contribution in [-0.4, -0.2) is 0 Å². The molecule has 0 aromatic heterocycles. The van der Waals surface area contributed by atoms with Crippen molar-refractivity contribution < 1.29 is 25.9 Å². The van der Waals surface area contributed by atoms with Crippen LogP contribution in [0.1, 0.15) is 37.8 Å². The van der Waals surface area contributed by atoms with Crippen molar-refractivity contribution in [3.8, 4) is 5.75 Å². The van der Waals surface area contributed by atoms with Crippen LogP contribution in [0.3, 0.4) is 0 Å². The van der Waals surface area contributed by atoms with Crippen LogP contribution in [0.25, 0.3) is 0 Å². The molecule has 3 rings (SSSR count). The quantitative estimate of drug-likeness (QED) is 0.435. The first-order valence-corrected chi connectivity index (χ1v) is 11.9. The average molecular weight is 471 g/mol. The Labute approximate surface area is 174 Å². The third-order valence-corrected chi connectivity index (χ3v) is 7.56. The Morgan fingerprint density at radius 1 is 0.704 bits per heavy atom. The molecule has 140 valence electrons. The molecule has 1 nitrogen and oxygen atoms in total. The van der Waals surface area contributed by atoms with Crippen LogP contribution in [0.5, 0.6) is 5.75 Å². The van der Waals surface area contributed by atoms with E-state index in [4.69, 9.17) is 4.74 Å². The highest BCUT2D eigenvalue weighted by Crippen LogP contribution is 2.17. The van der Waals surface area contributed by atoms with Crippen LogP contribution in [0.2, 0.25) is 0 Å². The Morgan fingerprint density at radius 2 is 1.30 bits per heavy atom. The van der Waals surface area contributed by atoms with E-state index in [2.05, 4.69) is 92.7 Å². The Balaban J connectivity index is 1.51. The summed E-state index contributed by atoms with van der Waals surface area (Å²) in [5.74, 6) is 1.74. The molecule has 0 saturated carbocycles. The number of ether oxygens (including phenoxy) is 1. The molecule has 0 fully saturated rings. The van der Waals surface area contributed by atoms with E-state index in [0.29, 0.717) is 6.61 Å². The van der Waals surface area contributed by atoms with Gasteiger partial charge < -0.3 is 4.74 Å². The fraction of sp³-hybridized carbons (Fsp3) is 0.280. The minimum atomic E-state index is -0.109. The lowest BCUT2D eigenvalue weighted by molar-refractivity contribution is -0.597. The molecule has 0 unspecified atom stereocenters. The molecule has 0 atom stereocenters. The van der Waals surface area contributed by atoms with E-state index in [1.165, 1.54) is 37.5 Å². The van der Waals surface area contributed by atoms with Gasteiger partial charge in [-0.1, -0.05) is 69.2 Å². The lowest BCUT2D eigenvalue weighted by atomic mass is 9.94. The molecule has 0 aliphatic rings. The molecule has 3 aromatic carbocycles. The second kappa shape index (κ2) is 10.5. The van der Waals surface area contributed by atoms with Crippen LogP contribution in [0.4, 0.5) is 0 Å². The summed E-state index contributed by atoms with van der Waals surface area (Å²) in [6, 6.07) is 28.2. The molecule has 0 bridgehead atoms. The van der Waals surface area contributed by atoms with E-state index < -0.39 is 0 Å². The van der Waals surface area contributed by atoms with Gasteiger partial charge in [0, 0.05) is 0 Å². The van der Waals surface area contributed by atoms with Crippen molar-refractivity contribution in [3.05, 3.63) is 97.1 Å². The molecule has 0 aliphatic heterocycles. The zero-order valence-electron chi connectivity index (χ0n) is 16.2. The summed E-state index contributed by atoms with van der Waals surface area (Å²) in [5.41, 5.74) is 2.66. The number of benzene rings is 3. The summed E-state index contributed by atoms with van der Waals surface area (Å²) < 4.78 is 8.83. The van der Waals surface area contributed by atoms with Gasteiger partial charge in [0.2, 0.25) is 0 Å². The average Bonchev–Trinajstić information content (AvgIpc) is 2.73. The van der Waals surface area contributed by atoms with Gasteiger partial charge in [-0.15, -0.1) is 0 Å². The molecule has 0 radical (unpaired) electrons. The fourth-order valence-electron chi connectivity index (χ4n) is 3.05. The predicted molar refractivity (Wildman–Crippen MR) is 109 cm³/mol. The van der Waals surface area contributed by atoms with Gasteiger partial charge in [0.1, 0.15) is 12.4 Å². The summed E-state index contributed by atoms with van der Waals surface area (Å²) in [7, 11) is 0. The zero-order chi connectivity index (χ0) is 18.9. The summed E-state index contributed by atoms with van der Waals surface area (Å²) in [6.07, 6.45) is 3.69. The van der Waals surface area contributed by atoms with Crippen molar-refractivity contribution in [2.75, 3.05) is 0 Å². The number of halogens is 1. The van der Waals surface area contributed by atoms with Crippen LogP contribution >= 0.6 is 0 Å². The van der Waals surface area contributed by atoms with Crippen LogP contribution in [-0.2, 0) is 13.0 Å².